The summed E-state index contributed by atoms with van der Waals surface area (Å²) in [6.45, 7) is 3.12. The Morgan fingerprint density at radius 1 is 1.30 bits per heavy atom. The van der Waals surface area contributed by atoms with Crippen LogP contribution in [0.2, 0.25) is 0 Å². The van der Waals surface area contributed by atoms with Crippen molar-refractivity contribution in [1.29, 1.82) is 5.26 Å². The van der Waals surface area contributed by atoms with E-state index in [0.717, 1.165) is 37.4 Å². The third-order valence-corrected chi connectivity index (χ3v) is 3.11. The molecule has 0 saturated carbocycles. The van der Waals surface area contributed by atoms with Gasteiger partial charge < -0.3 is 14.6 Å². The number of rotatable bonds is 7. The maximum Gasteiger partial charge on any atom is 0.0995 e. The normalized spacial score (nSPS) is 10.4. The third-order valence-electron chi connectivity index (χ3n) is 3.11. The molecule has 0 unspecified atom stereocenters. The van der Waals surface area contributed by atoms with E-state index >= 15 is 0 Å². The molecule has 1 N–H and O–H groups in total. The lowest BCUT2D eigenvalue weighted by Gasteiger charge is -2.05. The van der Waals surface area contributed by atoms with Gasteiger partial charge in [0.1, 0.15) is 0 Å². The van der Waals surface area contributed by atoms with E-state index in [1.54, 1.807) is 7.11 Å². The van der Waals surface area contributed by atoms with Crippen LogP contribution in [0, 0.1) is 11.3 Å². The molecule has 0 aliphatic rings. The largest absolute Gasteiger partial charge is 0.383 e. The molecule has 1 heterocycles. The predicted molar refractivity (Wildman–Crippen MR) is 78.3 cm³/mol. The molecule has 0 atom stereocenters. The zero-order chi connectivity index (χ0) is 14.2. The van der Waals surface area contributed by atoms with Crippen molar-refractivity contribution < 1.29 is 4.74 Å². The van der Waals surface area contributed by atoms with Gasteiger partial charge in [0.25, 0.3) is 0 Å². The highest BCUT2D eigenvalue weighted by molar-refractivity contribution is 5.37. The van der Waals surface area contributed by atoms with E-state index in [-0.39, 0.29) is 0 Å². The highest BCUT2D eigenvalue weighted by Gasteiger charge is 2.02. The van der Waals surface area contributed by atoms with Gasteiger partial charge in [0, 0.05) is 39.1 Å². The maximum absolute atomic E-state index is 9.09. The number of nitrogens with zero attached hydrogens (tertiary/aromatic N) is 2. The molecule has 1 aromatic carbocycles. The van der Waals surface area contributed by atoms with Crippen LogP contribution in [0.4, 0.5) is 0 Å². The Hall–Kier alpha value is -2.09. The molecule has 0 bridgehead atoms. The average molecular weight is 269 g/mol. The van der Waals surface area contributed by atoms with Gasteiger partial charge in [-0.3, -0.25) is 0 Å². The third kappa shape index (κ3) is 3.95. The summed E-state index contributed by atoms with van der Waals surface area (Å²) in [5.74, 6) is 0. The summed E-state index contributed by atoms with van der Waals surface area (Å²) < 4.78 is 7.09. The summed E-state index contributed by atoms with van der Waals surface area (Å²) in [7, 11) is 1.70. The number of aromatic nitrogens is 1. The zero-order valence-corrected chi connectivity index (χ0v) is 11.7. The summed E-state index contributed by atoms with van der Waals surface area (Å²) >= 11 is 0. The Bertz CT molecular complexity index is 583. The van der Waals surface area contributed by atoms with Crippen LogP contribution in [0.1, 0.15) is 16.7 Å². The topological polar surface area (TPSA) is 50.0 Å². The van der Waals surface area contributed by atoms with E-state index in [1.165, 1.54) is 5.56 Å². The molecular weight excluding hydrogens is 250 g/mol. The number of hydrogen-bond donors (Lipinski definition) is 1. The maximum atomic E-state index is 9.09. The number of nitriles is 1. The van der Waals surface area contributed by atoms with Crippen LogP contribution in [0.3, 0.4) is 0 Å². The zero-order valence-electron chi connectivity index (χ0n) is 11.7. The van der Waals surface area contributed by atoms with Crippen LogP contribution in [0.15, 0.2) is 42.7 Å². The first kappa shape index (κ1) is 14.3. The summed E-state index contributed by atoms with van der Waals surface area (Å²) in [6.07, 6.45) is 4.15. The molecule has 0 radical (unpaired) electrons. The van der Waals surface area contributed by atoms with Gasteiger partial charge >= 0.3 is 0 Å². The van der Waals surface area contributed by atoms with Crippen molar-refractivity contribution in [2.45, 2.75) is 13.1 Å². The van der Waals surface area contributed by atoms with Crippen molar-refractivity contribution in [3.05, 3.63) is 59.4 Å². The number of hydrogen-bond acceptors (Lipinski definition) is 3. The number of methoxy groups -OCH3 is 1. The van der Waals surface area contributed by atoms with Gasteiger partial charge in [-0.25, -0.2) is 0 Å². The predicted octanol–water partition coefficient (Wildman–Crippen LogP) is 2.14. The number of nitrogens with one attached hydrogen (secondary N) is 1. The van der Waals surface area contributed by atoms with E-state index in [4.69, 9.17) is 10.00 Å². The second-order valence-corrected chi connectivity index (χ2v) is 4.63. The highest BCUT2D eigenvalue weighted by Crippen LogP contribution is 2.11. The van der Waals surface area contributed by atoms with Gasteiger partial charge in [-0.15, -0.1) is 0 Å². The van der Waals surface area contributed by atoms with Crippen LogP contribution < -0.4 is 5.32 Å². The van der Waals surface area contributed by atoms with Gasteiger partial charge in [-0.1, -0.05) is 18.2 Å². The summed E-state index contributed by atoms with van der Waals surface area (Å²) in [5, 5.41) is 12.4. The Labute approximate surface area is 119 Å². The lowest BCUT2D eigenvalue weighted by Crippen LogP contribution is -2.18. The van der Waals surface area contributed by atoms with Crippen molar-refractivity contribution in [3.63, 3.8) is 0 Å². The number of benzene rings is 1. The van der Waals surface area contributed by atoms with Gasteiger partial charge in [0.2, 0.25) is 0 Å². The molecule has 0 saturated heterocycles. The second-order valence-electron chi connectivity index (χ2n) is 4.63. The average Bonchev–Trinajstić information content (AvgIpc) is 2.92. The lowest BCUT2D eigenvalue weighted by molar-refractivity contribution is 0.199. The SMILES string of the molecule is COCCNCc1ccn(Cc2ccccc2C#N)c1. The Kier molecular flexibility index (Phi) is 5.36. The fourth-order valence-corrected chi connectivity index (χ4v) is 2.06. The van der Waals surface area contributed by atoms with Crippen molar-refractivity contribution in [2.75, 3.05) is 20.3 Å². The van der Waals surface area contributed by atoms with Crippen LogP contribution >= 0.6 is 0 Å². The molecule has 104 valence electrons. The van der Waals surface area contributed by atoms with E-state index in [9.17, 15) is 0 Å². The molecular formula is C16H19N3O. The van der Waals surface area contributed by atoms with E-state index in [2.05, 4.69) is 28.2 Å². The molecule has 0 spiro atoms. The minimum Gasteiger partial charge on any atom is -0.383 e. The van der Waals surface area contributed by atoms with Crippen molar-refractivity contribution >= 4 is 0 Å². The van der Waals surface area contributed by atoms with E-state index in [0.29, 0.717) is 0 Å². The smallest absolute Gasteiger partial charge is 0.0995 e. The minimum absolute atomic E-state index is 0.719. The summed E-state index contributed by atoms with van der Waals surface area (Å²) in [5.41, 5.74) is 3.01. The molecule has 4 nitrogen and oxygen atoms in total. The fourth-order valence-electron chi connectivity index (χ4n) is 2.06. The van der Waals surface area contributed by atoms with Crippen LogP contribution in [-0.2, 0) is 17.8 Å². The molecule has 20 heavy (non-hydrogen) atoms. The van der Waals surface area contributed by atoms with E-state index in [1.807, 2.05) is 30.5 Å². The van der Waals surface area contributed by atoms with Gasteiger partial charge in [-0.2, -0.15) is 5.26 Å². The lowest BCUT2D eigenvalue weighted by atomic mass is 10.1. The Morgan fingerprint density at radius 3 is 2.95 bits per heavy atom. The quantitative estimate of drug-likeness (QED) is 0.783. The Balaban J connectivity index is 1.94. The molecule has 0 aliphatic carbocycles. The van der Waals surface area contributed by atoms with Crippen LogP contribution in [-0.4, -0.2) is 24.8 Å². The molecule has 1 aromatic heterocycles. The number of ether oxygens (including phenoxy) is 1. The molecule has 0 aliphatic heterocycles. The summed E-state index contributed by atoms with van der Waals surface area (Å²) in [4.78, 5) is 0. The molecule has 0 fully saturated rings. The van der Waals surface area contributed by atoms with Crippen LogP contribution in [0.5, 0.6) is 0 Å². The molecule has 0 amide bonds. The monoisotopic (exact) mass is 269 g/mol. The van der Waals surface area contributed by atoms with Gasteiger partial charge in [0.15, 0.2) is 0 Å². The molecule has 4 heteroatoms. The van der Waals surface area contributed by atoms with Gasteiger partial charge in [0.05, 0.1) is 18.2 Å². The molecule has 2 aromatic rings. The Morgan fingerprint density at radius 2 is 2.15 bits per heavy atom. The standard InChI is InChI=1S/C16H19N3O/c1-20-9-7-18-11-14-6-8-19(12-14)13-16-5-3-2-4-15(16)10-17/h2-6,8,12,18H,7,9,11,13H2,1H3. The first-order valence-electron chi connectivity index (χ1n) is 6.66. The highest BCUT2D eigenvalue weighted by atomic mass is 16.5. The first-order chi connectivity index (χ1) is 9.83. The fraction of sp³-hybridized carbons (Fsp3) is 0.312. The van der Waals surface area contributed by atoms with Gasteiger partial charge in [-0.05, 0) is 23.3 Å². The summed E-state index contributed by atoms with van der Waals surface area (Å²) in [6, 6.07) is 12.0. The van der Waals surface area contributed by atoms with Crippen molar-refractivity contribution in [1.82, 2.24) is 9.88 Å². The van der Waals surface area contributed by atoms with Crippen molar-refractivity contribution in [2.24, 2.45) is 0 Å². The minimum atomic E-state index is 0.719. The van der Waals surface area contributed by atoms with E-state index < -0.39 is 0 Å². The van der Waals surface area contributed by atoms with Crippen molar-refractivity contribution in [3.8, 4) is 6.07 Å². The van der Waals surface area contributed by atoms with Crippen LogP contribution in [0.25, 0.3) is 0 Å². The second kappa shape index (κ2) is 7.49. The molecule has 2 rings (SSSR count). The first-order valence-corrected chi connectivity index (χ1v) is 6.66.